The van der Waals surface area contributed by atoms with Crippen molar-refractivity contribution in [2.24, 2.45) is 0 Å². The van der Waals surface area contributed by atoms with Gasteiger partial charge in [-0.2, -0.15) is 0 Å². The minimum atomic E-state index is 0.745. The molecule has 0 aromatic carbocycles. The Bertz CT molecular complexity index is 335. The van der Waals surface area contributed by atoms with Crippen LogP contribution in [0.3, 0.4) is 0 Å². The first-order chi connectivity index (χ1) is 8.35. The fourth-order valence-electron chi connectivity index (χ4n) is 2.67. The smallest absolute Gasteiger partial charge is 0.0797 e. The summed E-state index contributed by atoms with van der Waals surface area (Å²) in [5, 5.41) is 0. The summed E-state index contributed by atoms with van der Waals surface area (Å²) in [6.45, 7) is 8.69. The molecule has 1 aliphatic carbocycles. The van der Waals surface area contributed by atoms with E-state index in [1.165, 1.54) is 55.8 Å². The second-order valence-electron chi connectivity index (χ2n) is 4.86. The maximum Gasteiger partial charge on any atom is 0.0797 e. The number of hydrogen-bond acceptors (Lipinski definition) is 3. The van der Waals surface area contributed by atoms with Crippen molar-refractivity contribution < 1.29 is 0 Å². The molecule has 0 saturated carbocycles. The van der Waals surface area contributed by atoms with Gasteiger partial charge >= 0.3 is 0 Å². The molecule has 0 amide bonds. The van der Waals surface area contributed by atoms with Gasteiger partial charge in [0.1, 0.15) is 0 Å². The van der Waals surface area contributed by atoms with Crippen LogP contribution >= 0.6 is 11.3 Å². The molecule has 2 nitrogen and oxygen atoms in total. The van der Waals surface area contributed by atoms with Crippen molar-refractivity contribution in [3.8, 4) is 0 Å². The molecule has 1 atom stereocenters. The summed E-state index contributed by atoms with van der Waals surface area (Å²) in [5.41, 5.74) is 3.37. The van der Waals surface area contributed by atoms with Crippen molar-refractivity contribution in [3.63, 3.8) is 0 Å². The van der Waals surface area contributed by atoms with Crippen molar-refractivity contribution in [2.45, 2.75) is 51.5 Å². The summed E-state index contributed by atoms with van der Waals surface area (Å²) < 4.78 is 0. The fourth-order valence-corrected chi connectivity index (χ4v) is 3.56. The number of rotatable bonds is 6. The summed E-state index contributed by atoms with van der Waals surface area (Å²) in [7, 11) is 0. The molecular formula is C14H23N2S. The molecule has 17 heavy (non-hydrogen) atoms. The summed E-state index contributed by atoms with van der Waals surface area (Å²) in [6, 6.07) is 0.745. The molecule has 95 valence electrons. The number of aryl methyl sites for hydroxylation is 1. The van der Waals surface area contributed by atoms with E-state index < -0.39 is 0 Å². The fraction of sp³-hybridized carbons (Fsp3) is 0.714. The van der Waals surface area contributed by atoms with E-state index in [0.29, 0.717) is 0 Å². The Morgan fingerprint density at radius 1 is 1.53 bits per heavy atom. The molecule has 1 unspecified atom stereocenters. The highest BCUT2D eigenvalue weighted by atomic mass is 32.1. The van der Waals surface area contributed by atoms with Gasteiger partial charge in [0, 0.05) is 10.9 Å². The first kappa shape index (κ1) is 13.0. The molecule has 0 spiro atoms. The molecule has 0 aliphatic heterocycles. The van der Waals surface area contributed by atoms with E-state index in [2.05, 4.69) is 23.7 Å². The van der Waals surface area contributed by atoms with Gasteiger partial charge in [-0.1, -0.05) is 20.3 Å². The van der Waals surface area contributed by atoms with Crippen LogP contribution in [-0.4, -0.2) is 29.0 Å². The number of nitrogens with zero attached hydrogens (tertiary/aromatic N) is 2. The van der Waals surface area contributed by atoms with Crippen LogP contribution in [0.25, 0.3) is 0 Å². The van der Waals surface area contributed by atoms with E-state index >= 15 is 0 Å². The molecule has 0 saturated heterocycles. The largest absolute Gasteiger partial charge is 0.300 e. The van der Waals surface area contributed by atoms with Crippen molar-refractivity contribution in [1.82, 2.24) is 9.88 Å². The average molecular weight is 251 g/mol. The lowest BCUT2D eigenvalue weighted by Gasteiger charge is -2.33. The van der Waals surface area contributed by atoms with E-state index in [1.807, 2.05) is 16.8 Å². The third-order valence-corrected chi connectivity index (χ3v) is 4.48. The first-order valence-corrected chi connectivity index (χ1v) is 7.67. The number of unbranched alkanes of at least 4 members (excludes halogenated alkanes) is 1. The number of fused-ring (bicyclic) bond motifs is 1. The van der Waals surface area contributed by atoms with Gasteiger partial charge < -0.3 is 4.90 Å². The SMILES string of the molecule is [CH2]CCCN(CCC)C1CCc2ncsc2C1. The lowest BCUT2D eigenvalue weighted by atomic mass is 9.96. The zero-order valence-corrected chi connectivity index (χ0v) is 11.6. The Labute approximate surface area is 109 Å². The molecule has 1 heterocycles. The lowest BCUT2D eigenvalue weighted by Crippen LogP contribution is -2.40. The Kier molecular flexibility index (Phi) is 4.99. The lowest BCUT2D eigenvalue weighted by molar-refractivity contribution is 0.178. The number of hydrogen-bond donors (Lipinski definition) is 0. The normalized spacial score (nSPS) is 19.6. The maximum atomic E-state index is 4.45. The molecule has 2 rings (SSSR count). The van der Waals surface area contributed by atoms with Gasteiger partial charge in [0.15, 0.2) is 0 Å². The summed E-state index contributed by atoms with van der Waals surface area (Å²) in [6.07, 6.45) is 7.22. The Hall–Kier alpha value is -0.410. The minimum absolute atomic E-state index is 0.745. The van der Waals surface area contributed by atoms with Gasteiger partial charge in [0.2, 0.25) is 0 Å². The van der Waals surface area contributed by atoms with E-state index in [4.69, 9.17) is 0 Å². The minimum Gasteiger partial charge on any atom is -0.300 e. The van der Waals surface area contributed by atoms with E-state index in [-0.39, 0.29) is 0 Å². The van der Waals surface area contributed by atoms with Crippen LogP contribution in [0, 0.1) is 6.92 Å². The third-order valence-electron chi connectivity index (χ3n) is 3.58. The second-order valence-corrected chi connectivity index (χ2v) is 5.80. The topological polar surface area (TPSA) is 16.1 Å². The average Bonchev–Trinajstić information content (AvgIpc) is 2.81. The molecule has 0 bridgehead atoms. The molecule has 1 aliphatic rings. The number of thiazole rings is 1. The van der Waals surface area contributed by atoms with Crippen LogP contribution in [0.1, 0.15) is 43.2 Å². The van der Waals surface area contributed by atoms with Crippen molar-refractivity contribution in [2.75, 3.05) is 13.1 Å². The Morgan fingerprint density at radius 2 is 2.41 bits per heavy atom. The monoisotopic (exact) mass is 251 g/mol. The van der Waals surface area contributed by atoms with E-state index in [1.54, 1.807) is 0 Å². The predicted molar refractivity (Wildman–Crippen MR) is 74.4 cm³/mol. The van der Waals surface area contributed by atoms with Crippen LogP contribution in [0.5, 0.6) is 0 Å². The van der Waals surface area contributed by atoms with E-state index in [9.17, 15) is 0 Å². The molecule has 1 radical (unpaired) electrons. The molecule has 0 fully saturated rings. The summed E-state index contributed by atoms with van der Waals surface area (Å²) >= 11 is 1.84. The maximum absolute atomic E-state index is 4.45. The number of aromatic nitrogens is 1. The van der Waals surface area contributed by atoms with Crippen molar-refractivity contribution in [3.05, 3.63) is 23.0 Å². The Balaban J connectivity index is 1.96. The van der Waals surface area contributed by atoms with E-state index in [0.717, 1.165) is 12.5 Å². The molecular weight excluding hydrogens is 228 g/mol. The van der Waals surface area contributed by atoms with Gasteiger partial charge in [0.05, 0.1) is 11.2 Å². The van der Waals surface area contributed by atoms with Crippen molar-refractivity contribution in [1.29, 1.82) is 0 Å². The zero-order valence-electron chi connectivity index (χ0n) is 10.8. The summed E-state index contributed by atoms with van der Waals surface area (Å²) in [4.78, 5) is 8.65. The third kappa shape index (κ3) is 3.29. The van der Waals surface area contributed by atoms with Crippen molar-refractivity contribution >= 4 is 11.3 Å². The van der Waals surface area contributed by atoms with Gasteiger partial charge in [0.25, 0.3) is 0 Å². The highest BCUT2D eigenvalue weighted by Crippen LogP contribution is 2.27. The highest BCUT2D eigenvalue weighted by Gasteiger charge is 2.24. The quantitative estimate of drug-likeness (QED) is 0.771. The molecule has 3 heteroatoms. The van der Waals surface area contributed by atoms with Gasteiger partial charge in [-0.05, 0) is 45.2 Å². The summed E-state index contributed by atoms with van der Waals surface area (Å²) in [5.74, 6) is 0. The van der Waals surface area contributed by atoms with Gasteiger partial charge in [-0.25, -0.2) is 4.98 Å². The van der Waals surface area contributed by atoms with Crippen LogP contribution in [-0.2, 0) is 12.8 Å². The Morgan fingerprint density at radius 3 is 3.18 bits per heavy atom. The standard InChI is InChI=1S/C14H23N2S/c1-3-5-9-16(8-4-2)12-6-7-13-14(10-12)17-11-15-13/h11-12H,1,3-10H2,2H3. The van der Waals surface area contributed by atoms with Crippen LogP contribution in [0.2, 0.25) is 0 Å². The molecule has 1 aromatic rings. The van der Waals surface area contributed by atoms with Crippen LogP contribution in [0.4, 0.5) is 0 Å². The van der Waals surface area contributed by atoms with Gasteiger partial charge in [-0.15, -0.1) is 11.3 Å². The van der Waals surface area contributed by atoms with Gasteiger partial charge in [-0.3, -0.25) is 0 Å². The first-order valence-electron chi connectivity index (χ1n) is 6.79. The van der Waals surface area contributed by atoms with Crippen LogP contribution < -0.4 is 0 Å². The second kappa shape index (κ2) is 6.50. The predicted octanol–water partition coefficient (Wildman–Crippen LogP) is 3.33. The molecule has 1 aromatic heterocycles. The van der Waals surface area contributed by atoms with Crippen LogP contribution in [0.15, 0.2) is 5.51 Å². The highest BCUT2D eigenvalue weighted by molar-refractivity contribution is 7.09. The zero-order chi connectivity index (χ0) is 12.1. The molecule has 0 N–H and O–H groups in total.